The Morgan fingerprint density at radius 2 is 1.61 bits per heavy atom. The van der Waals surface area contributed by atoms with Crippen LogP contribution in [-0.4, -0.2) is 18.0 Å². The first-order valence-corrected chi connectivity index (χ1v) is 7.87. The molecule has 4 fully saturated rings. The maximum absolute atomic E-state index is 6.14. The van der Waals surface area contributed by atoms with Crippen LogP contribution in [0, 0.1) is 23.7 Å². The number of hydrogen-bond donors (Lipinski definition) is 2. The number of nitrogens with two attached hydrogens (primary N) is 1. The maximum atomic E-state index is 6.14. The van der Waals surface area contributed by atoms with Crippen molar-refractivity contribution >= 4 is 5.96 Å². The van der Waals surface area contributed by atoms with Crippen molar-refractivity contribution in [3.63, 3.8) is 0 Å². The average molecular weight is 247 g/mol. The van der Waals surface area contributed by atoms with Gasteiger partial charge in [-0.25, -0.2) is 4.99 Å². The maximum Gasteiger partial charge on any atom is 0.189 e. The number of aliphatic imine (C=N–C) groups is 1. The van der Waals surface area contributed by atoms with Crippen LogP contribution in [0.1, 0.15) is 51.4 Å². The molecule has 0 unspecified atom stereocenters. The number of nitrogens with zero attached hydrogens (tertiary/aromatic N) is 1. The molecule has 4 saturated carbocycles. The second-order valence-corrected chi connectivity index (χ2v) is 7.18. The third kappa shape index (κ3) is 1.83. The highest BCUT2D eigenvalue weighted by Crippen LogP contribution is 2.46. The van der Waals surface area contributed by atoms with Crippen LogP contribution < -0.4 is 11.1 Å². The first-order valence-electron chi connectivity index (χ1n) is 7.87. The number of rotatable bonds is 2. The van der Waals surface area contributed by atoms with Crippen LogP contribution in [0.5, 0.6) is 0 Å². The lowest BCUT2D eigenvalue weighted by Gasteiger charge is -2.25. The Kier molecular flexibility index (Phi) is 2.56. The van der Waals surface area contributed by atoms with Gasteiger partial charge in [0.2, 0.25) is 0 Å². The quantitative estimate of drug-likeness (QED) is 0.581. The fourth-order valence-electron chi connectivity index (χ4n) is 5.20. The normalized spacial score (nSPS) is 50.1. The smallest absolute Gasteiger partial charge is 0.189 e. The summed E-state index contributed by atoms with van der Waals surface area (Å²) < 4.78 is 0. The van der Waals surface area contributed by atoms with Crippen LogP contribution in [-0.2, 0) is 0 Å². The van der Waals surface area contributed by atoms with Crippen LogP contribution in [0.3, 0.4) is 0 Å². The van der Waals surface area contributed by atoms with E-state index in [-0.39, 0.29) is 0 Å². The van der Waals surface area contributed by atoms with Crippen LogP contribution in [0.4, 0.5) is 0 Å². The van der Waals surface area contributed by atoms with Crippen LogP contribution in [0.15, 0.2) is 4.99 Å². The zero-order valence-corrected chi connectivity index (χ0v) is 11.1. The van der Waals surface area contributed by atoms with E-state index in [2.05, 4.69) is 5.32 Å². The first-order chi connectivity index (χ1) is 8.78. The van der Waals surface area contributed by atoms with Crippen molar-refractivity contribution in [1.82, 2.24) is 5.32 Å². The molecule has 0 radical (unpaired) electrons. The van der Waals surface area contributed by atoms with Gasteiger partial charge in [-0.1, -0.05) is 12.8 Å². The number of guanidine groups is 1. The zero-order valence-electron chi connectivity index (χ0n) is 11.1. The topological polar surface area (TPSA) is 50.4 Å². The molecule has 18 heavy (non-hydrogen) atoms. The Balaban J connectivity index is 1.37. The summed E-state index contributed by atoms with van der Waals surface area (Å²) in [6.45, 7) is 0. The van der Waals surface area contributed by atoms with E-state index in [1.807, 2.05) is 0 Å². The molecule has 3 heteroatoms. The predicted molar refractivity (Wildman–Crippen MR) is 73.2 cm³/mol. The van der Waals surface area contributed by atoms with Crippen molar-refractivity contribution in [2.45, 2.75) is 63.5 Å². The molecule has 100 valence electrons. The third-order valence-corrected chi connectivity index (χ3v) is 6.08. The molecular formula is C15H25N3. The molecule has 6 atom stereocenters. The summed E-state index contributed by atoms with van der Waals surface area (Å²) >= 11 is 0. The zero-order chi connectivity index (χ0) is 12.1. The van der Waals surface area contributed by atoms with E-state index in [1.165, 1.54) is 51.4 Å². The summed E-state index contributed by atoms with van der Waals surface area (Å²) in [4.78, 5) is 4.79. The van der Waals surface area contributed by atoms with E-state index < -0.39 is 0 Å². The van der Waals surface area contributed by atoms with Gasteiger partial charge in [-0.3, -0.25) is 0 Å². The lowest BCUT2D eigenvalue weighted by Crippen LogP contribution is -2.43. The van der Waals surface area contributed by atoms with Crippen molar-refractivity contribution in [3.8, 4) is 0 Å². The third-order valence-electron chi connectivity index (χ3n) is 6.08. The molecular weight excluding hydrogens is 222 g/mol. The average Bonchev–Trinajstić information content (AvgIpc) is 3.08. The Labute approximate surface area is 110 Å². The standard InChI is InChI=1S/C15H25N3/c16-15(17-13-7-9-1-3-11(13)5-9)18-14-8-10-2-4-12(14)6-10/h9-14H,1-8H2,(H3,16,17,18)/t9-,10-,11+,12+,13-,14-/m1/s1. The van der Waals surface area contributed by atoms with Crippen molar-refractivity contribution in [3.05, 3.63) is 0 Å². The van der Waals surface area contributed by atoms with Crippen molar-refractivity contribution in [2.75, 3.05) is 0 Å². The highest BCUT2D eigenvalue weighted by Gasteiger charge is 2.41. The van der Waals surface area contributed by atoms with E-state index in [1.54, 1.807) is 0 Å². The predicted octanol–water partition coefficient (Wildman–Crippen LogP) is 2.27. The van der Waals surface area contributed by atoms with Crippen LogP contribution >= 0.6 is 0 Å². The molecule has 0 aliphatic heterocycles. The summed E-state index contributed by atoms with van der Waals surface area (Å²) in [6, 6.07) is 1.17. The molecule has 0 aromatic rings. The van der Waals surface area contributed by atoms with Gasteiger partial charge in [0.05, 0.1) is 6.04 Å². The van der Waals surface area contributed by atoms with Gasteiger partial charge in [0.1, 0.15) is 0 Å². The largest absolute Gasteiger partial charge is 0.370 e. The molecule has 3 N–H and O–H groups in total. The molecule has 4 rings (SSSR count). The minimum atomic E-state index is 0.537. The Morgan fingerprint density at radius 1 is 0.889 bits per heavy atom. The highest BCUT2D eigenvalue weighted by atomic mass is 15.1. The van der Waals surface area contributed by atoms with E-state index in [0.29, 0.717) is 12.1 Å². The van der Waals surface area contributed by atoms with Crippen molar-refractivity contribution in [1.29, 1.82) is 0 Å². The van der Waals surface area contributed by atoms with Crippen LogP contribution in [0.25, 0.3) is 0 Å². The number of hydrogen-bond acceptors (Lipinski definition) is 1. The summed E-state index contributed by atoms with van der Waals surface area (Å²) in [5, 5.41) is 3.52. The van der Waals surface area contributed by atoms with Crippen molar-refractivity contribution in [2.24, 2.45) is 34.4 Å². The van der Waals surface area contributed by atoms with Gasteiger partial charge in [0.25, 0.3) is 0 Å². The molecule has 4 aliphatic rings. The molecule has 0 saturated heterocycles. The monoisotopic (exact) mass is 247 g/mol. The van der Waals surface area contributed by atoms with Gasteiger partial charge >= 0.3 is 0 Å². The molecule has 4 bridgehead atoms. The Hall–Kier alpha value is -0.730. The van der Waals surface area contributed by atoms with Gasteiger partial charge < -0.3 is 11.1 Å². The summed E-state index contributed by atoms with van der Waals surface area (Å²) in [5.41, 5.74) is 6.14. The molecule has 0 heterocycles. The Morgan fingerprint density at radius 3 is 2.17 bits per heavy atom. The molecule has 4 aliphatic carbocycles. The fourth-order valence-corrected chi connectivity index (χ4v) is 5.20. The fraction of sp³-hybridized carbons (Fsp3) is 0.933. The lowest BCUT2D eigenvalue weighted by atomic mass is 9.95. The minimum Gasteiger partial charge on any atom is -0.370 e. The summed E-state index contributed by atoms with van der Waals surface area (Å²) in [7, 11) is 0. The van der Waals surface area contributed by atoms with E-state index in [9.17, 15) is 0 Å². The molecule has 0 amide bonds. The van der Waals surface area contributed by atoms with Gasteiger partial charge in [0, 0.05) is 6.04 Å². The number of fused-ring (bicyclic) bond motifs is 4. The lowest BCUT2D eigenvalue weighted by molar-refractivity contribution is 0.384. The second-order valence-electron chi connectivity index (χ2n) is 7.18. The second kappa shape index (κ2) is 4.14. The van der Waals surface area contributed by atoms with Gasteiger partial charge in [-0.05, 0) is 62.2 Å². The Bertz CT molecular complexity index is 365. The summed E-state index contributed by atoms with van der Waals surface area (Å²) in [6.07, 6.45) is 11.2. The number of nitrogens with one attached hydrogen (secondary N) is 1. The minimum absolute atomic E-state index is 0.537. The molecule has 0 aromatic carbocycles. The van der Waals surface area contributed by atoms with E-state index in [0.717, 1.165) is 29.6 Å². The first kappa shape index (κ1) is 11.1. The van der Waals surface area contributed by atoms with Gasteiger partial charge in [0.15, 0.2) is 5.96 Å². The molecule has 3 nitrogen and oxygen atoms in total. The van der Waals surface area contributed by atoms with E-state index in [4.69, 9.17) is 10.7 Å². The highest BCUT2D eigenvalue weighted by molar-refractivity contribution is 5.78. The van der Waals surface area contributed by atoms with E-state index >= 15 is 0 Å². The van der Waals surface area contributed by atoms with Crippen molar-refractivity contribution < 1.29 is 0 Å². The van der Waals surface area contributed by atoms with Gasteiger partial charge in [-0.2, -0.15) is 0 Å². The molecule has 0 spiro atoms. The van der Waals surface area contributed by atoms with Gasteiger partial charge in [-0.15, -0.1) is 0 Å². The molecule has 0 aromatic heterocycles. The SMILES string of the molecule is NC(=N[C@@H]1C[C@@H]2CC[C@H]1C2)N[C@@H]1C[C@@H]2CC[C@H]1C2. The summed E-state index contributed by atoms with van der Waals surface area (Å²) in [5.74, 6) is 4.39. The van der Waals surface area contributed by atoms with Crippen LogP contribution in [0.2, 0.25) is 0 Å².